The van der Waals surface area contributed by atoms with Gasteiger partial charge >= 0.3 is 23.1 Å². The SMILES string of the molecule is CC1=[C-]c2c(ccc3ccccc23)C1.CC1=[C-]c2c(ccc3ccccc23)C1=[Si]Cc1ccccc1.[Mg+2]. The van der Waals surface area contributed by atoms with Crippen LogP contribution in [0.5, 0.6) is 0 Å². The van der Waals surface area contributed by atoms with Gasteiger partial charge in [-0.15, -0.1) is 62.7 Å². The molecule has 0 aliphatic heterocycles. The van der Waals surface area contributed by atoms with Crippen molar-refractivity contribution in [2.45, 2.75) is 26.3 Å². The summed E-state index contributed by atoms with van der Waals surface area (Å²) in [6.07, 6.45) is 8.14. The molecular formula is C35H27MgSi. The van der Waals surface area contributed by atoms with Gasteiger partial charge in [-0.25, -0.2) is 0 Å². The minimum atomic E-state index is 0. The van der Waals surface area contributed by atoms with Crippen LogP contribution < -0.4 is 0 Å². The van der Waals surface area contributed by atoms with Crippen molar-refractivity contribution in [2.75, 3.05) is 0 Å². The molecule has 0 atom stereocenters. The molecule has 5 aromatic carbocycles. The first-order valence-corrected chi connectivity index (χ1v) is 13.8. The van der Waals surface area contributed by atoms with Gasteiger partial charge in [0.05, 0.1) is 0 Å². The van der Waals surface area contributed by atoms with Crippen molar-refractivity contribution in [3.8, 4) is 0 Å². The Morgan fingerprint density at radius 2 is 1.27 bits per heavy atom. The van der Waals surface area contributed by atoms with Crippen molar-refractivity contribution in [2.24, 2.45) is 0 Å². The number of benzene rings is 5. The van der Waals surface area contributed by atoms with Gasteiger partial charge < -0.3 is 0 Å². The third-order valence-corrected chi connectivity index (χ3v) is 8.59. The van der Waals surface area contributed by atoms with Gasteiger partial charge in [-0.2, -0.15) is 11.6 Å². The van der Waals surface area contributed by atoms with E-state index in [0.717, 1.165) is 21.6 Å². The van der Waals surface area contributed by atoms with Crippen LogP contribution in [0.4, 0.5) is 0 Å². The van der Waals surface area contributed by atoms with Crippen LogP contribution >= 0.6 is 0 Å². The molecular weight excluding hydrogens is 473 g/mol. The minimum Gasteiger partial charge on any atom is -0.182 e. The summed E-state index contributed by atoms with van der Waals surface area (Å²) in [5.41, 5.74) is 9.45. The van der Waals surface area contributed by atoms with Crippen LogP contribution in [0.25, 0.3) is 21.5 Å². The van der Waals surface area contributed by atoms with Crippen LogP contribution in [0.1, 0.15) is 41.7 Å². The molecule has 2 aliphatic rings. The topological polar surface area (TPSA) is 0 Å². The second kappa shape index (κ2) is 11.1. The third kappa shape index (κ3) is 5.20. The molecule has 0 saturated carbocycles. The number of rotatable bonds is 2. The van der Waals surface area contributed by atoms with Gasteiger partial charge in [0.2, 0.25) is 0 Å². The van der Waals surface area contributed by atoms with Gasteiger partial charge in [-0.05, 0) is 20.7 Å². The zero-order valence-corrected chi connectivity index (χ0v) is 23.9. The predicted molar refractivity (Wildman–Crippen MR) is 160 cm³/mol. The molecule has 0 spiro atoms. The van der Waals surface area contributed by atoms with E-state index < -0.39 is 0 Å². The monoisotopic (exact) mass is 499 g/mol. The molecule has 7 rings (SSSR count). The summed E-state index contributed by atoms with van der Waals surface area (Å²) in [6, 6.07) is 37.9. The second-order valence-electron chi connectivity index (χ2n) is 9.58. The summed E-state index contributed by atoms with van der Waals surface area (Å²) in [5, 5.41) is 6.74. The van der Waals surface area contributed by atoms with Crippen molar-refractivity contribution in [1.29, 1.82) is 0 Å². The van der Waals surface area contributed by atoms with Crippen molar-refractivity contribution < 1.29 is 0 Å². The molecule has 0 aromatic heterocycles. The first kappa shape index (κ1) is 25.6. The van der Waals surface area contributed by atoms with Crippen molar-refractivity contribution in [3.63, 3.8) is 0 Å². The van der Waals surface area contributed by atoms with E-state index in [1.54, 1.807) is 0 Å². The van der Waals surface area contributed by atoms with Gasteiger partial charge in [0.15, 0.2) is 0 Å². The maximum absolute atomic E-state index is 3.61. The van der Waals surface area contributed by atoms with E-state index in [4.69, 9.17) is 0 Å². The number of hydrogen-bond acceptors (Lipinski definition) is 0. The first-order valence-electron chi connectivity index (χ1n) is 12.6. The summed E-state index contributed by atoms with van der Waals surface area (Å²) in [6.45, 7) is 4.34. The maximum Gasteiger partial charge on any atom is 2.00 e. The number of fused-ring (bicyclic) bond motifs is 6. The Labute approximate surface area is 238 Å². The summed E-state index contributed by atoms with van der Waals surface area (Å²) < 4.78 is 0. The van der Waals surface area contributed by atoms with E-state index >= 15 is 0 Å². The average Bonchev–Trinajstić information content (AvgIpc) is 3.47. The molecule has 2 aliphatic carbocycles. The fraction of sp³-hybridized carbons (Fsp3) is 0.114. The van der Waals surface area contributed by atoms with Gasteiger partial charge in [-0.3, -0.25) is 0 Å². The van der Waals surface area contributed by atoms with Crippen LogP contribution in [0, 0.1) is 12.2 Å². The first-order chi connectivity index (χ1) is 17.7. The van der Waals surface area contributed by atoms with E-state index in [0.29, 0.717) is 0 Å². The Kier molecular flexibility index (Phi) is 7.71. The van der Waals surface area contributed by atoms with Crippen LogP contribution in [-0.2, 0) is 12.5 Å². The molecule has 2 heteroatoms. The second-order valence-corrected chi connectivity index (χ2v) is 10.8. The molecule has 0 saturated heterocycles. The largest absolute Gasteiger partial charge is 2.00 e. The van der Waals surface area contributed by atoms with E-state index in [-0.39, 0.29) is 23.1 Å². The molecule has 0 nitrogen and oxygen atoms in total. The molecule has 0 bridgehead atoms. The Morgan fingerprint density at radius 1 is 0.649 bits per heavy atom. The normalized spacial score (nSPS) is 14.4. The Hall–Kier alpha value is -3.05. The minimum absolute atomic E-state index is 0. The van der Waals surface area contributed by atoms with E-state index in [9.17, 15) is 0 Å². The predicted octanol–water partition coefficient (Wildman–Crippen LogP) is 7.49. The van der Waals surface area contributed by atoms with Crippen LogP contribution in [0.15, 0.2) is 114 Å². The quantitative estimate of drug-likeness (QED) is 0.174. The van der Waals surface area contributed by atoms with Crippen molar-refractivity contribution in [1.82, 2.24) is 0 Å². The summed E-state index contributed by atoms with van der Waals surface area (Å²) in [7, 11) is 0.799. The van der Waals surface area contributed by atoms with E-state index in [1.807, 2.05) is 0 Å². The Morgan fingerprint density at radius 3 is 2.00 bits per heavy atom. The molecule has 37 heavy (non-hydrogen) atoms. The van der Waals surface area contributed by atoms with E-state index in [1.165, 1.54) is 65.7 Å². The fourth-order valence-corrected chi connectivity index (χ4v) is 6.58. The zero-order valence-electron chi connectivity index (χ0n) is 21.4. The molecule has 0 heterocycles. The van der Waals surface area contributed by atoms with Crippen LogP contribution in [0.2, 0.25) is 0 Å². The van der Waals surface area contributed by atoms with Gasteiger partial charge in [0.25, 0.3) is 0 Å². The summed E-state index contributed by atoms with van der Waals surface area (Å²) in [5.74, 6) is 0. The smallest absolute Gasteiger partial charge is 0.182 e. The summed E-state index contributed by atoms with van der Waals surface area (Å²) >= 11 is 0. The number of hydrogen-bond donors (Lipinski definition) is 0. The fourth-order valence-electron chi connectivity index (χ4n) is 5.24. The Balaban J connectivity index is 0.000000161. The molecule has 0 amide bonds. The standard InChI is InChI=1S/C21H16Si.C14H11.Mg/c1-15-13-20-18-10-6-5-9-17(18)11-12-19(20)21(15)22-14-16-7-3-2-4-8-16;1-10-8-12-7-6-11-4-2-3-5-13(11)14(12)9-10;/h2-12H,14H2,1H3;2-7H,8H2,1H3;/q2*-1;+2. The number of allylic oxidation sites excluding steroid dienone is 2. The van der Waals surface area contributed by atoms with Gasteiger partial charge in [-0.1, -0.05) is 121 Å². The molecule has 173 valence electrons. The van der Waals surface area contributed by atoms with E-state index in [2.05, 4.69) is 129 Å². The van der Waals surface area contributed by atoms with Gasteiger partial charge in [0, 0.05) is 0 Å². The maximum atomic E-state index is 3.61. The third-order valence-electron chi connectivity index (χ3n) is 7.01. The van der Waals surface area contributed by atoms with Gasteiger partial charge in [0.1, 0.15) is 0 Å². The van der Waals surface area contributed by atoms with Crippen LogP contribution in [-0.4, -0.2) is 37.4 Å². The Bertz CT molecular complexity index is 1690. The van der Waals surface area contributed by atoms with Crippen molar-refractivity contribution in [3.05, 3.63) is 154 Å². The molecule has 1 radical (unpaired) electrons. The molecule has 0 unspecified atom stereocenters. The van der Waals surface area contributed by atoms with Crippen molar-refractivity contribution >= 4 is 58.9 Å². The molecule has 0 N–H and O–H groups in total. The molecule has 0 fully saturated rings. The molecule has 5 aromatic rings. The summed E-state index contributed by atoms with van der Waals surface area (Å²) in [4.78, 5) is 0. The zero-order chi connectivity index (χ0) is 24.5. The average molecular weight is 500 g/mol. The van der Waals surface area contributed by atoms with Crippen LogP contribution in [0.3, 0.4) is 0 Å².